The van der Waals surface area contributed by atoms with Gasteiger partial charge < -0.3 is 20.3 Å². The van der Waals surface area contributed by atoms with Gasteiger partial charge in [-0.1, -0.05) is 11.6 Å². The Bertz CT molecular complexity index is 1430. The lowest BCUT2D eigenvalue weighted by Gasteiger charge is -2.29. The number of rotatable bonds is 7. The van der Waals surface area contributed by atoms with Gasteiger partial charge in [-0.3, -0.25) is 14.4 Å². The average Bonchev–Trinajstić information content (AvgIpc) is 2.88. The standard InChI is InChI=1S/C26H26ClF2N5O4/c1-14(2)31-26-32-20-13-33(23(36)16-6-9-21(19(27)12-16)38-25(28)29)11-10-18(20)24(37)34(26)17-7-4-15(5-8-17)22(35)30-3/h4-9,12,14,25H,10-11,13H2,1-3H3,(H,30,35)(H,31,32). The van der Waals surface area contributed by atoms with Gasteiger partial charge in [0.25, 0.3) is 17.4 Å². The van der Waals surface area contributed by atoms with Gasteiger partial charge in [0.15, 0.2) is 0 Å². The fraction of sp³-hybridized carbons (Fsp3) is 0.308. The number of fused-ring (bicyclic) bond motifs is 1. The molecule has 0 spiro atoms. The molecular weight excluding hydrogens is 520 g/mol. The molecule has 0 atom stereocenters. The Kier molecular flexibility index (Phi) is 7.96. The van der Waals surface area contributed by atoms with Crippen LogP contribution in [0.2, 0.25) is 5.02 Å². The Morgan fingerprint density at radius 3 is 2.39 bits per heavy atom. The van der Waals surface area contributed by atoms with Gasteiger partial charge in [0.1, 0.15) is 5.75 Å². The molecule has 0 aliphatic carbocycles. The number of alkyl halides is 2. The van der Waals surface area contributed by atoms with E-state index in [4.69, 9.17) is 16.6 Å². The minimum absolute atomic E-state index is 0.0474. The normalized spacial score (nSPS) is 12.9. The molecular formula is C26H26ClF2N5O4. The number of hydrogen-bond acceptors (Lipinski definition) is 6. The Morgan fingerprint density at radius 1 is 1.11 bits per heavy atom. The Hall–Kier alpha value is -3.99. The van der Waals surface area contributed by atoms with Gasteiger partial charge in [0, 0.05) is 36.3 Å². The van der Waals surface area contributed by atoms with Crippen LogP contribution in [0, 0.1) is 0 Å². The molecule has 0 saturated heterocycles. The number of nitrogens with one attached hydrogen (secondary N) is 2. The molecule has 2 N–H and O–H groups in total. The first-order chi connectivity index (χ1) is 18.1. The SMILES string of the molecule is CNC(=O)c1ccc(-n2c(NC(C)C)nc3c(c2=O)CCN(C(=O)c2ccc(OC(F)F)c(Cl)c2)C3)cc1. The van der Waals surface area contributed by atoms with E-state index in [1.165, 1.54) is 27.7 Å². The van der Waals surface area contributed by atoms with Crippen molar-refractivity contribution in [1.29, 1.82) is 0 Å². The van der Waals surface area contributed by atoms with Gasteiger partial charge in [-0.25, -0.2) is 9.55 Å². The summed E-state index contributed by atoms with van der Waals surface area (Å²) >= 11 is 6.02. The number of carbonyl (C=O) groups excluding carboxylic acids is 2. The maximum atomic E-state index is 13.6. The highest BCUT2D eigenvalue weighted by molar-refractivity contribution is 6.32. The van der Waals surface area contributed by atoms with Crippen LogP contribution in [-0.2, 0) is 13.0 Å². The largest absolute Gasteiger partial charge is 0.433 e. The molecule has 1 aliphatic heterocycles. The highest BCUT2D eigenvalue weighted by atomic mass is 35.5. The van der Waals surface area contributed by atoms with Crippen molar-refractivity contribution >= 4 is 29.4 Å². The van der Waals surface area contributed by atoms with E-state index in [9.17, 15) is 23.2 Å². The molecule has 4 rings (SSSR count). The lowest BCUT2D eigenvalue weighted by molar-refractivity contribution is -0.0497. The van der Waals surface area contributed by atoms with Crippen LogP contribution in [0.4, 0.5) is 14.7 Å². The molecule has 0 fully saturated rings. The summed E-state index contributed by atoms with van der Waals surface area (Å²) in [6.45, 7) is 1.11. The topological polar surface area (TPSA) is 106 Å². The summed E-state index contributed by atoms with van der Waals surface area (Å²) in [5, 5.41) is 5.64. The van der Waals surface area contributed by atoms with Crippen LogP contribution in [0.1, 0.15) is 45.8 Å². The number of ether oxygens (including phenoxy) is 1. The predicted octanol–water partition coefficient (Wildman–Crippen LogP) is 3.87. The summed E-state index contributed by atoms with van der Waals surface area (Å²) in [6, 6.07) is 10.4. The molecule has 2 heterocycles. The fourth-order valence-electron chi connectivity index (χ4n) is 4.17. The zero-order valence-electron chi connectivity index (χ0n) is 20.9. The minimum atomic E-state index is -3.04. The fourth-order valence-corrected chi connectivity index (χ4v) is 4.40. The van der Waals surface area contributed by atoms with Crippen molar-refractivity contribution < 1.29 is 23.1 Å². The lowest BCUT2D eigenvalue weighted by atomic mass is 10.0. The second-order valence-electron chi connectivity index (χ2n) is 8.93. The van der Waals surface area contributed by atoms with Crippen LogP contribution in [-0.4, -0.2) is 52.5 Å². The van der Waals surface area contributed by atoms with E-state index in [1.807, 2.05) is 13.8 Å². The molecule has 0 saturated carbocycles. The molecule has 38 heavy (non-hydrogen) atoms. The van der Waals surface area contributed by atoms with E-state index in [0.29, 0.717) is 28.5 Å². The van der Waals surface area contributed by atoms with Crippen LogP contribution >= 0.6 is 11.6 Å². The first kappa shape index (κ1) is 27.1. The molecule has 0 unspecified atom stereocenters. The van der Waals surface area contributed by atoms with Crippen LogP contribution in [0.3, 0.4) is 0 Å². The third-order valence-corrected chi connectivity index (χ3v) is 6.24. The zero-order chi connectivity index (χ0) is 27.6. The van der Waals surface area contributed by atoms with Crippen molar-refractivity contribution in [3.63, 3.8) is 0 Å². The minimum Gasteiger partial charge on any atom is -0.433 e. The number of halogens is 3. The Morgan fingerprint density at radius 2 is 1.79 bits per heavy atom. The summed E-state index contributed by atoms with van der Waals surface area (Å²) in [6.07, 6.45) is 0.269. The van der Waals surface area contributed by atoms with Crippen molar-refractivity contribution in [2.45, 2.75) is 39.5 Å². The molecule has 200 valence electrons. The van der Waals surface area contributed by atoms with Crippen LogP contribution in [0.25, 0.3) is 5.69 Å². The van der Waals surface area contributed by atoms with Gasteiger partial charge in [0.2, 0.25) is 5.95 Å². The third-order valence-electron chi connectivity index (χ3n) is 5.95. The number of aromatic nitrogens is 2. The molecule has 9 nitrogen and oxygen atoms in total. The second-order valence-corrected chi connectivity index (χ2v) is 9.33. The van der Waals surface area contributed by atoms with E-state index in [2.05, 4.69) is 15.4 Å². The van der Waals surface area contributed by atoms with Gasteiger partial charge >= 0.3 is 6.61 Å². The quantitative estimate of drug-likeness (QED) is 0.467. The predicted molar refractivity (Wildman–Crippen MR) is 139 cm³/mol. The Balaban J connectivity index is 1.66. The number of hydrogen-bond donors (Lipinski definition) is 2. The van der Waals surface area contributed by atoms with Crippen molar-refractivity contribution in [2.24, 2.45) is 0 Å². The smallest absolute Gasteiger partial charge is 0.387 e. The molecule has 0 radical (unpaired) electrons. The van der Waals surface area contributed by atoms with Gasteiger partial charge in [-0.2, -0.15) is 8.78 Å². The maximum absolute atomic E-state index is 13.6. The summed E-state index contributed by atoms with van der Waals surface area (Å²) in [4.78, 5) is 44.9. The van der Waals surface area contributed by atoms with Crippen molar-refractivity contribution in [1.82, 2.24) is 19.8 Å². The molecule has 0 bridgehead atoms. The van der Waals surface area contributed by atoms with Gasteiger partial charge in [0.05, 0.1) is 22.9 Å². The van der Waals surface area contributed by atoms with Crippen LogP contribution in [0.15, 0.2) is 47.3 Å². The summed E-state index contributed by atoms with van der Waals surface area (Å²) in [5.41, 5.74) is 1.87. The number of anilines is 1. The monoisotopic (exact) mass is 545 g/mol. The highest BCUT2D eigenvalue weighted by Gasteiger charge is 2.28. The first-order valence-electron chi connectivity index (χ1n) is 11.9. The number of benzene rings is 2. The molecule has 2 amide bonds. The zero-order valence-corrected chi connectivity index (χ0v) is 21.7. The van der Waals surface area contributed by atoms with Crippen molar-refractivity contribution in [3.8, 4) is 11.4 Å². The van der Waals surface area contributed by atoms with Crippen LogP contribution in [0.5, 0.6) is 5.75 Å². The molecule has 12 heteroatoms. The third kappa shape index (κ3) is 5.62. The molecule has 1 aliphatic rings. The lowest BCUT2D eigenvalue weighted by Crippen LogP contribution is -2.41. The van der Waals surface area contributed by atoms with Crippen LogP contribution < -0.4 is 20.9 Å². The Labute approximate surface area is 222 Å². The van der Waals surface area contributed by atoms with E-state index in [0.717, 1.165) is 0 Å². The van der Waals surface area contributed by atoms with E-state index in [-0.39, 0.29) is 59.3 Å². The van der Waals surface area contributed by atoms with E-state index < -0.39 is 6.61 Å². The van der Waals surface area contributed by atoms with Gasteiger partial charge in [-0.05, 0) is 62.7 Å². The highest BCUT2D eigenvalue weighted by Crippen LogP contribution is 2.28. The second kappa shape index (κ2) is 11.2. The molecule has 1 aromatic heterocycles. The molecule has 3 aromatic rings. The van der Waals surface area contributed by atoms with E-state index >= 15 is 0 Å². The first-order valence-corrected chi connectivity index (χ1v) is 12.2. The number of carbonyl (C=O) groups is 2. The number of amides is 2. The average molecular weight is 546 g/mol. The summed E-state index contributed by atoms with van der Waals surface area (Å²) in [5.74, 6) is -0.537. The maximum Gasteiger partial charge on any atom is 0.387 e. The van der Waals surface area contributed by atoms with E-state index in [1.54, 1.807) is 31.3 Å². The summed E-state index contributed by atoms with van der Waals surface area (Å²) in [7, 11) is 1.54. The van der Waals surface area contributed by atoms with Crippen molar-refractivity contribution in [2.75, 3.05) is 18.9 Å². The molecule has 2 aromatic carbocycles. The number of nitrogens with zero attached hydrogens (tertiary/aromatic N) is 3. The van der Waals surface area contributed by atoms with Gasteiger partial charge in [-0.15, -0.1) is 0 Å². The summed E-state index contributed by atoms with van der Waals surface area (Å²) < 4.78 is 30.9. The van der Waals surface area contributed by atoms with Crippen molar-refractivity contribution in [3.05, 3.63) is 80.2 Å².